The van der Waals surface area contributed by atoms with Crippen LogP contribution in [0.5, 0.6) is 5.75 Å². The lowest BCUT2D eigenvalue weighted by molar-refractivity contribution is -0.274. The Labute approximate surface area is 138 Å². The number of benzene rings is 1. The first-order valence-electron chi connectivity index (χ1n) is 7.32. The van der Waals surface area contributed by atoms with E-state index < -0.39 is 6.36 Å². The van der Waals surface area contributed by atoms with Crippen LogP contribution in [0.4, 0.5) is 13.2 Å². The largest absolute Gasteiger partial charge is 0.573 e. The summed E-state index contributed by atoms with van der Waals surface area (Å²) >= 11 is 0. The molecule has 0 spiro atoms. The molecule has 1 aromatic carbocycles. The number of halogens is 4. The monoisotopic (exact) mass is 350 g/mol. The van der Waals surface area contributed by atoms with Gasteiger partial charge in [-0.15, -0.1) is 25.6 Å². The Bertz CT molecular complexity index is 539. The third-order valence-electron chi connectivity index (χ3n) is 4.16. The lowest BCUT2D eigenvalue weighted by Crippen LogP contribution is -2.48. The van der Waals surface area contributed by atoms with E-state index >= 15 is 0 Å². The van der Waals surface area contributed by atoms with E-state index in [4.69, 9.17) is 0 Å². The number of amides is 1. The fraction of sp³-hybridized carbons (Fsp3) is 0.533. The summed E-state index contributed by atoms with van der Waals surface area (Å²) in [6.07, 6.45) is -0.645. The third kappa shape index (κ3) is 4.75. The van der Waals surface area contributed by atoms with Crippen LogP contribution in [0.3, 0.4) is 0 Å². The predicted molar refractivity (Wildman–Crippen MR) is 80.8 cm³/mol. The number of carbonyl (C=O) groups excluding carboxylic acids is 1. The average Bonchev–Trinajstić information content (AvgIpc) is 2.77. The predicted octanol–water partition coefficient (Wildman–Crippen LogP) is 3.02. The van der Waals surface area contributed by atoms with E-state index in [1.165, 1.54) is 12.1 Å². The molecule has 4 nitrogen and oxygen atoms in total. The highest BCUT2D eigenvalue weighted by Crippen LogP contribution is 2.27. The summed E-state index contributed by atoms with van der Waals surface area (Å²) in [5.41, 5.74) is 0.334. The van der Waals surface area contributed by atoms with Gasteiger partial charge in [-0.2, -0.15) is 0 Å². The van der Waals surface area contributed by atoms with Gasteiger partial charge in [-0.3, -0.25) is 4.79 Å². The molecule has 2 heterocycles. The van der Waals surface area contributed by atoms with Crippen molar-refractivity contribution < 1.29 is 22.7 Å². The minimum absolute atomic E-state index is 0. The Hall–Kier alpha value is -1.47. The molecule has 2 aliphatic rings. The van der Waals surface area contributed by atoms with Crippen LogP contribution in [0.15, 0.2) is 24.3 Å². The molecule has 2 atom stereocenters. The van der Waals surface area contributed by atoms with E-state index in [0.29, 0.717) is 17.6 Å². The van der Waals surface area contributed by atoms with E-state index in [9.17, 15) is 18.0 Å². The van der Waals surface area contributed by atoms with Crippen molar-refractivity contribution in [1.29, 1.82) is 0 Å². The molecule has 2 unspecified atom stereocenters. The Balaban J connectivity index is 0.00000192. The Kier molecular flexibility index (Phi) is 5.41. The van der Waals surface area contributed by atoms with Gasteiger partial charge in [0.1, 0.15) is 5.75 Å². The third-order valence-corrected chi connectivity index (χ3v) is 4.16. The molecule has 1 aromatic rings. The lowest BCUT2D eigenvalue weighted by atomic mass is 9.99. The van der Waals surface area contributed by atoms with Crippen molar-refractivity contribution in [2.75, 3.05) is 0 Å². The zero-order valence-electron chi connectivity index (χ0n) is 12.2. The minimum atomic E-state index is -4.72. The van der Waals surface area contributed by atoms with Gasteiger partial charge in [0.05, 0.1) is 0 Å². The average molecular weight is 351 g/mol. The zero-order valence-corrected chi connectivity index (χ0v) is 13.0. The molecule has 0 aliphatic carbocycles. The number of hydrogen-bond donors (Lipinski definition) is 2. The van der Waals surface area contributed by atoms with Crippen molar-refractivity contribution in [2.45, 2.75) is 50.2 Å². The number of alkyl halides is 3. The summed E-state index contributed by atoms with van der Waals surface area (Å²) in [5, 5.41) is 6.45. The van der Waals surface area contributed by atoms with Crippen LogP contribution in [-0.4, -0.2) is 30.4 Å². The van der Waals surface area contributed by atoms with Crippen LogP contribution < -0.4 is 15.4 Å². The molecule has 2 N–H and O–H groups in total. The van der Waals surface area contributed by atoms with E-state index in [1.54, 1.807) is 0 Å². The van der Waals surface area contributed by atoms with Crippen molar-refractivity contribution in [1.82, 2.24) is 10.6 Å². The fourth-order valence-corrected chi connectivity index (χ4v) is 3.25. The van der Waals surface area contributed by atoms with Crippen LogP contribution in [0.25, 0.3) is 0 Å². The highest BCUT2D eigenvalue weighted by atomic mass is 35.5. The maximum atomic E-state index is 12.1. The summed E-state index contributed by atoms with van der Waals surface area (Å²) in [6, 6.07) is 6.02. The normalized spacial score (nSPS) is 26.3. The molecule has 0 radical (unpaired) electrons. The van der Waals surface area contributed by atoms with Gasteiger partial charge in [0.25, 0.3) is 5.91 Å². The van der Waals surface area contributed by atoms with Gasteiger partial charge in [-0.1, -0.05) is 0 Å². The number of ether oxygens (including phenoxy) is 1. The molecule has 0 saturated carbocycles. The maximum Gasteiger partial charge on any atom is 0.573 e. The molecule has 8 heteroatoms. The molecule has 128 valence electrons. The number of nitrogens with one attached hydrogen (secondary N) is 2. The van der Waals surface area contributed by atoms with Crippen LogP contribution in [0.2, 0.25) is 0 Å². The highest BCUT2D eigenvalue weighted by Gasteiger charge is 2.34. The molecule has 1 amide bonds. The Morgan fingerprint density at radius 1 is 1.13 bits per heavy atom. The number of fused-ring (bicyclic) bond motifs is 2. The molecular formula is C15H18ClF3N2O2. The quantitative estimate of drug-likeness (QED) is 0.881. The first kappa shape index (κ1) is 17.9. The number of hydrogen-bond acceptors (Lipinski definition) is 3. The van der Waals surface area contributed by atoms with Gasteiger partial charge >= 0.3 is 6.36 Å². The molecule has 2 aliphatic heterocycles. The molecular weight excluding hydrogens is 333 g/mol. The van der Waals surface area contributed by atoms with Crippen molar-refractivity contribution in [2.24, 2.45) is 0 Å². The topological polar surface area (TPSA) is 50.4 Å². The van der Waals surface area contributed by atoms with Gasteiger partial charge in [-0.05, 0) is 49.9 Å². The van der Waals surface area contributed by atoms with Gasteiger partial charge < -0.3 is 15.4 Å². The SMILES string of the molecule is Cl.O=C(NC1CC2CCC(C1)N2)c1ccc(OC(F)(F)F)cc1. The van der Waals surface area contributed by atoms with Gasteiger partial charge in [0.15, 0.2) is 0 Å². The van der Waals surface area contributed by atoms with E-state index in [0.717, 1.165) is 37.8 Å². The molecule has 23 heavy (non-hydrogen) atoms. The number of carbonyl (C=O) groups is 1. The standard InChI is InChI=1S/C15H17F3N2O2.ClH/c16-15(17,18)22-13-5-1-9(2-6-13)14(21)20-12-7-10-3-4-11(8-12)19-10;/h1-2,5-6,10-12,19H,3-4,7-8H2,(H,20,21);1H. The molecule has 3 rings (SSSR count). The highest BCUT2D eigenvalue weighted by molar-refractivity contribution is 5.94. The van der Waals surface area contributed by atoms with Crippen LogP contribution in [0.1, 0.15) is 36.0 Å². The zero-order chi connectivity index (χ0) is 15.7. The lowest BCUT2D eigenvalue weighted by Gasteiger charge is -2.29. The first-order valence-corrected chi connectivity index (χ1v) is 7.32. The molecule has 0 aromatic heterocycles. The second-order valence-corrected chi connectivity index (χ2v) is 5.85. The Morgan fingerprint density at radius 2 is 1.70 bits per heavy atom. The van der Waals surface area contributed by atoms with Crippen molar-refractivity contribution in [3.63, 3.8) is 0 Å². The van der Waals surface area contributed by atoms with E-state index in [2.05, 4.69) is 15.4 Å². The van der Waals surface area contributed by atoms with Crippen molar-refractivity contribution >= 4 is 18.3 Å². The maximum absolute atomic E-state index is 12.1. The smallest absolute Gasteiger partial charge is 0.406 e. The summed E-state index contributed by atoms with van der Waals surface area (Å²) in [5.74, 6) is -0.589. The fourth-order valence-electron chi connectivity index (χ4n) is 3.25. The molecule has 2 saturated heterocycles. The molecule has 2 bridgehead atoms. The number of rotatable bonds is 3. The van der Waals surface area contributed by atoms with Crippen LogP contribution in [0, 0.1) is 0 Å². The second-order valence-electron chi connectivity index (χ2n) is 5.85. The summed E-state index contributed by atoms with van der Waals surface area (Å²) in [4.78, 5) is 12.1. The van der Waals surface area contributed by atoms with E-state index in [-0.39, 0.29) is 30.1 Å². The van der Waals surface area contributed by atoms with Crippen LogP contribution in [-0.2, 0) is 0 Å². The second kappa shape index (κ2) is 6.97. The van der Waals surface area contributed by atoms with Crippen molar-refractivity contribution in [3.8, 4) is 5.75 Å². The summed E-state index contributed by atoms with van der Waals surface area (Å²) < 4.78 is 40.0. The Morgan fingerprint density at radius 3 is 2.22 bits per heavy atom. The van der Waals surface area contributed by atoms with E-state index in [1.807, 2.05) is 0 Å². The summed E-state index contributed by atoms with van der Waals surface area (Å²) in [7, 11) is 0. The summed E-state index contributed by atoms with van der Waals surface area (Å²) in [6.45, 7) is 0. The van der Waals surface area contributed by atoms with Crippen LogP contribution >= 0.6 is 12.4 Å². The van der Waals surface area contributed by atoms with Gasteiger partial charge in [0, 0.05) is 23.7 Å². The minimum Gasteiger partial charge on any atom is -0.406 e. The first-order chi connectivity index (χ1) is 10.4. The van der Waals surface area contributed by atoms with Gasteiger partial charge in [0.2, 0.25) is 0 Å². The molecule has 2 fully saturated rings. The van der Waals surface area contributed by atoms with Gasteiger partial charge in [-0.25, -0.2) is 0 Å². The number of piperidine rings is 1. The van der Waals surface area contributed by atoms with Crippen molar-refractivity contribution in [3.05, 3.63) is 29.8 Å².